The first-order valence-corrected chi connectivity index (χ1v) is 9.35. The highest BCUT2D eigenvalue weighted by molar-refractivity contribution is 7.99. The summed E-state index contributed by atoms with van der Waals surface area (Å²) in [5, 5.41) is 3.53. The molecule has 0 atom stereocenters. The SMILES string of the molecule is COc1cccc(NC(=O)CSCc2cc(=O)c3cccc(C)c3[nH]2)c1. The van der Waals surface area contributed by atoms with Crippen LogP contribution < -0.4 is 15.5 Å². The van der Waals surface area contributed by atoms with Crippen molar-refractivity contribution in [1.29, 1.82) is 0 Å². The predicted octanol–water partition coefficient (Wildman–Crippen LogP) is 3.72. The van der Waals surface area contributed by atoms with Gasteiger partial charge in [-0.25, -0.2) is 0 Å². The van der Waals surface area contributed by atoms with Gasteiger partial charge in [0.1, 0.15) is 5.75 Å². The Labute approximate surface area is 155 Å². The van der Waals surface area contributed by atoms with Crippen LogP contribution in [0.3, 0.4) is 0 Å². The second-order valence-corrected chi connectivity index (χ2v) is 6.91. The molecule has 0 aliphatic heterocycles. The minimum atomic E-state index is -0.0948. The number of anilines is 1. The first-order valence-electron chi connectivity index (χ1n) is 8.20. The summed E-state index contributed by atoms with van der Waals surface area (Å²) in [4.78, 5) is 27.6. The molecular formula is C20H20N2O3S. The van der Waals surface area contributed by atoms with Crippen molar-refractivity contribution in [2.24, 2.45) is 0 Å². The van der Waals surface area contributed by atoms with Gasteiger partial charge in [-0.2, -0.15) is 0 Å². The minimum Gasteiger partial charge on any atom is -0.497 e. The lowest BCUT2D eigenvalue weighted by atomic mass is 10.1. The maximum atomic E-state index is 12.2. The van der Waals surface area contributed by atoms with Gasteiger partial charge in [-0.15, -0.1) is 11.8 Å². The van der Waals surface area contributed by atoms with Crippen molar-refractivity contribution in [1.82, 2.24) is 4.98 Å². The van der Waals surface area contributed by atoms with Gasteiger partial charge in [0.25, 0.3) is 0 Å². The molecule has 0 aliphatic rings. The number of fused-ring (bicyclic) bond motifs is 1. The number of carbonyl (C=O) groups excluding carboxylic acids is 1. The van der Waals surface area contributed by atoms with Gasteiger partial charge in [-0.05, 0) is 30.7 Å². The van der Waals surface area contributed by atoms with Crippen LogP contribution in [0.2, 0.25) is 0 Å². The van der Waals surface area contributed by atoms with Crippen LogP contribution in [-0.2, 0) is 10.5 Å². The van der Waals surface area contributed by atoms with E-state index in [9.17, 15) is 9.59 Å². The summed E-state index contributed by atoms with van der Waals surface area (Å²) in [6.07, 6.45) is 0. The van der Waals surface area contributed by atoms with Crippen molar-refractivity contribution in [3.63, 3.8) is 0 Å². The van der Waals surface area contributed by atoms with Crippen LogP contribution in [0, 0.1) is 6.92 Å². The summed E-state index contributed by atoms with van der Waals surface area (Å²) in [7, 11) is 1.59. The van der Waals surface area contributed by atoms with E-state index in [0.29, 0.717) is 28.3 Å². The van der Waals surface area contributed by atoms with Crippen LogP contribution in [0.1, 0.15) is 11.3 Å². The fraction of sp³-hybridized carbons (Fsp3) is 0.200. The number of pyridine rings is 1. The van der Waals surface area contributed by atoms with Crippen molar-refractivity contribution in [2.45, 2.75) is 12.7 Å². The fourth-order valence-corrected chi connectivity index (χ4v) is 3.44. The molecular weight excluding hydrogens is 348 g/mol. The van der Waals surface area contributed by atoms with Crippen LogP contribution >= 0.6 is 11.8 Å². The highest BCUT2D eigenvalue weighted by atomic mass is 32.2. The maximum absolute atomic E-state index is 12.2. The van der Waals surface area contributed by atoms with Crippen molar-refractivity contribution in [3.05, 3.63) is 70.0 Å². The van der Waals surface area contributed by atoms with Crippen molar-refractivity contribution in [2.75, 3.05) is 18.2 Å². The zero-order valence-electron chi connectivity index (χ0n) is 14.7. The monoisotopic (exact) mass is 368 g/mol. The van der Waals surface area contributed by atoms with E-state index in [0.717, 1.165) is 16.8 Å². The molecule has 0 unspecified atom stereocenters. The molecule has 1 aromatic heterocycles. The number of hydrogen-bond acceptors (Lipinski definition) is 4. The third-order valence-corrected chi connectivity index (χ3v) is 4.95. The molecule has 2 N–H and O–H groups in total. The number of hydrogen-bond donors (Lipinski definition) is 2. The molecule has 2 aromatic carbocycles. The molecule has 3 rings (SSSR count). The quantitative estimate of drug-likeness (QED) is 0.696. The number of carbonyl (C=O) groups is 1. The molecule has 0 spiro atoms. The van der Waals surface area contributed by atoms with E-state index in [-0.39, 0.29) is 11.3 Å². The number of rotatable bonds is 6. The van der Waals surface area contributed by atoms with E-state index < -0.39 is 0 Å². The minimum absolute atomic E-state index is 0.00104. The van der Waals surface area contributed by atoms with Gasteiger partial charge in [-0.3, -0.25) is 9.59 Å². The highest BCUT2D eigenvalue weighted by Gasteiger charge is 2.07. The van der Waals surface area contributed by atoms with E-state index in [1.165, 1.54) is 11.8 Å². The van der Waals surface area contributed by atoms with Gasteiger partial charge in [0.2, 0.25) is 5.91 Å². The summed E-state index contributed by atoms with van der Waals surface area (Å²) in [6.45, 7) is 1.97. The third kappa shape index (κ3) is 4.26. The summed E-state index contributed by atoms with van der Waals surface area (Å²) >= 11 is 1.45. The van der Waals surface area contributed by atoms with E-state index in [1.54, 1.807) is 19.2 Å². The Balaban J connectivity index is 1.61. The molecule has 1 heterocycles. The van der Waals surface area contributed by atoms with Gasteiger partial charge in [0, 0.05) is 34.7 Å². The summed E-state index contributed by atoms with van der Waals surface area (Å²) < 4.78 is 5.14. The molecule has 0 fully saturated rings. The second kappa shape index (κ2) is 8.10. The molecule has 0 aliphatic carbocycles. The zero-order valence-corrected chi connectivity index (χ0v) is 15.5. The molecule has 26 heavy (non-hydrogen) atoms. The Bertz CT molecular complexity index is 998. The van der Waals surface area contributed by atoms with Crippen LogP contribution in [0.5, 0.6) is 5.75 Å². The molecule has 1 amide bonds. The Hall–Kier alpha value is -2.73. The van der Waals surface area contributed by atoms with E-state index in [4.69, 9.17) is 4.74 Å². The Morgan fingerprint density at radius 1 is 1.19 bits per heavy atom. The molecule has 3 aromatic rings. The lowest BCUT2D eigenvalue weighted by Crippen LogP contribution is -2.14. The number of aromatic amines is 1. The number of ether oxygens (including phenoxy) is 1. The highest BCUT2D eigenvalue weighted by Crippen LogP contribution is 2.18. The maximum Gasteiger partial charge on any atom is 0.234 e. The Morgan fingerprint density at radius 3 is 2.81 bits per heavy atom. The second-order valence-electron chi connectivity index (χ2n) is 5.93. The lowest BCUT2D eigenvalue weighted by Gasteiger charge is -2.08. The number of para-hydroxylation sites is 1. The van der Waals surface area contributed by atoms with Crippen LogP contribution in [0.15, 0.2) is 53.3 Å². The molecule has 0 saturated carbocycles. The number of H-pyrrole nitrogens is 1. The van der Waals surface area contributed by atoms with Crippen LogP contribution in [-0.4, -0.2) is 23.8 Å². The third-order valence-electron chi connectivity index (χ3n) is 3.97. The molecule has 6 heteroatoms. The summed E-state index contributed by atoms with van der Waals surface area (Å²) in [6, 6.07) is 14.5. The molecule has 134 valence electrons. The van der Waals surface area contributed by atoms with Gasteiger partial charge in [-0.1, -0.05) is 18.2 Å². The number of benzene rings is 2. The van der Waals surface area contributed by atoms with Gasteiger partial charge in [0.15, 0.2) is 5.43 Å². The first kappa shape index (κ1) is 18.1. The predicted molar refractivity (Wildman–Crippen MR) is 107 cm³/mol. The molecule has 0 radical (unpaired) electrons. The normalized spacial score (nSPS) is 10.7. The fourth-order valence-electron chi connectivity index (χ4n) is 2.70. The van der Waals surface area contributed by atoms with Gasteiger partial charge < -0.3 is 15.0 Å². The van der Waals surface area contributed by atoms with Crippen LogP contribution in [0.4, 0.5) is 5.69 Å². The van der Waals surface area contributed by atoms with E-state index in [2.05, 4.69) is 10.3 Å². The molecule has 0 saturated heterocycles. The van der Waals surface area contributed by atoms with Gasteiger partial charge >= 0.3 is 0 Å². The number of thioether (sulfide) groups is 1. The molecule has 5 nitrogen and oxygen atoms in total. The number of nitrogens with one attached hydrogen (secondary N) is 2. The van der Waals surface area contributed by atoms with Crippen LogP contribution in [0.25, 0.3) is 10.9 Å². The number of aryl methyl sites for hydroxylation is 1. The average Bonchev–Trinajstić information content (AvgIpc) is 2.63. The van der Waals surface area contributed by atoms with Crippen molar-refractivity contribution < 1.29 is 9.53 Å². The Morgan fingerprint density at radius 2 is 2.00 bits per heavy atom. The topological polar surface area (TPSA) is 71.2 Å². The van der Waals surface area contributed by atoms with Crippen molar-refractivity contribution in [3.8, 4) is 5.75 Å². The largest absolute Gasteiger partial charge is 0.497 e. The van der Waals surface area contributed by atoms with E-state index in [1.807, 2.05) is 43.3 Å². The van der Waals surface area contributed by atoms with E-state index >= 15 is 0 Å². The van der Waals surface area contributed by atoms with Gasteiger partial charge in [0.05, 0.1) is 18.4 Å². The number of aromatic nitrogens is 1. The lowest BCUT2D eigenvalue weighted by molar-refractivity contribution is -0.113. The zero-order chi connectivity index (χ0) is 18.5. The Kier molecular flexibility index (Phi) is 5.63. The molecule has 0 bridgehead atoms. The smallest absolute Gasteiger partial charge is 0.234 e. The first-order chi connectivity index (χ1) is 12.6. The number of methoxy groups -OCH3 is 1. The number of amides is 1. The standard InChI is InChI=1S/C20H20N2O3S/c1-13-5-3-8-17-18(23)10-15(22-20(13)17)11-26-12-19(24)21-14-6-4-7-16(9-14)25-2/h3-10H,11-12H2,1-2H3,(H,21,24)(H,22,23). The average molecular weight is 368 g/mol. The summed E-state index contributed by atoms with van der Waals surface area (Å²) in [5.74, 6) is 1.46. The summed E-state index contributed by atoms with van der Waals surface area (Å²) in [5.41, 5.74) is 3.40. The van der Waals surface area contributed by atoms with Crippen molar-refractivity contribution >= 4 is 34.3 Å².